The van der Waals surface area contributed by atoms with Crippen molar-refractivity contribution in [2.45, 2.75) is 44.4 Å². The molecule has 0 saturated carbocycles. The summed E-state index contributed by atoms with van der Waals surface area (Å²) in [5.41, 5.74) is 2.29. The largest absolute Gasteiger partial charge is 0.483 e. The Balaban J connectivity index is 1.87. The first-order chi connectivity index (χ1) is 17.4. The SMILES string of the molecule is CC(C)(C)c1ccc(C2=N[C@@H](c3ccc(Cl)cc3)[C@@H](c3ccc(Cl)cc3)N2C=O)c(OCC(F)(F)F)c1. The number of hydrogen-bond acceptors (Lipinski definition) is 3. The molecule has 1 aliphatic heterocycles. The minimum atomic E-state index is -4.53. The number of aliphatic imine (C=N–C) groups is 1. The van der Waals surface area contributed by atoms with Crippen molar-refractivity contribution in [3.05, 3.63) is 99.0 Å². The maximum absolute atomic E-state index is 13.1. The molecule has 1 amide bonds. The Morgan fingerprint density at radius 2 is 1.49 bits per heavy atom. The van der Waals surface area contributed by atoms with E-state index >= 15 is 0 Å². The molecule has 3 aromatic carbocycles. The molecule has 0 fully saturated rings. The van der Waals surface area contributed by atoms with Crippen LogP contribution < -0.4 is 4.74 Å². The fourth-order valence-electron chi connectivity index (χ4n) is 4.25. The van der Waals surface area contributed by atoms with E-state index in [1.807, 2.05) is 39.0 Å². The van der Waals surface area contributed by atoms with Crippen molar-refractivity contribution in [2.75, 3.05) is 6.61 Å². The van der Waals surface area contributed by atoms with Crippen molar-refractivity contribution >= 4 is 35.4 Å². The zero-order valence-corrected chi connectivity index (χ0v) is 21.9. The molecule has 0 radical (unpaired) electrons. The summed E-state index contributed by atoms with van der Waals surface area (Å²) in [5, 5.41) is 1.08. The second-order valence-electron chi connectivity index (χ2n) is 9.82. The van der Waals surface area contributed by atoms with E-state index in [1.165, 1.54) is 4.90 Å². The summed E-state index contributed by atoms with van der Waals surface area (Å²) in [6, 6.07) is 18.1. The molecule has 0 saturated heterocycles. The van der Waals surface area contributed by atoms with Crippen LogP contribution in [0.4, 0.5) is 13.2 Å². The van der Waals surface area contributed by atoms with Gasteiger partial charge in [-0.2, -0.15) is 13.2 Å². The number of rotatable bonds is 6. The zero-order chi connectivity index (χ0) is 27.0. The lowest BCUT2D eigenvalue weighted by atomic mass is 9.86. The van der Waals surface area contributed by atoms with Crippen LogP contribution >= 0.6 is 23.2 Å². The van der Waals surface area contributed by atoms with Gasteiger partial charge >= 0.3 is 6.18 Å². The van der Waals surface area contributed by atoms with Gasteiger partial charge in [-0.15, -0.1) is 0 Å². The second kappa shape index (κ2) is 10.4. The molecule has 4 rings (SSSR count). The zero-order valence-electron chi connectivity index (χ0n) is 20.4. The average molecular weight is 549 g/mol. The monoisotopic (exact) mass is 548 g/mol. The van der Waals surface area contributed by atoms with Crippen LogP contribution in [-0.2, 0) is 10.2 Å². The molecule has 0 spiro atoms. The van der Waals surface area contributed by atoms with Crippen LogP contribution in [0.3, 0.4) is 0 Å². The Labute approximate surface area is 223 Å². The molecule has 2 atom stereocenters. The minimum Gasteiger partial charge on any atom is -0.483 e. The average Bonchev–Trinajstić information content (AvgIpc) is 3.22. The van der Waals surface area contributed by atoms with Crippen LogP contribution in [0.2, 0.25) is 10.0 Å². The number of nitrogens with zero attached hydrogens (tertiary/aromatic N) is 2. The summed E-state index contributed by atoms with van der Waals surface area (Å²) in [5.74, 6) is 0.217. The number of benzene rings is 3. The topological polar surface area (TPSA) is 41.9 Å². The second-order valence-corrected chi connectivity index (χ2v) is 10.7. The van der Waals surface area contributed by atoms with Crippen molar-refractivity contribution in [1.82, 2.24) is 4.90 Å². The van der Waals surface area contributed by atoms with Gasteiger partial charge in [0.05, 0.1) is 11.6 Å². The Morgan fingerprint density at radius 3 is 2.00 bits per heavy atom. The van der Waals surface area contributed by atoms with Crippen molar-refractivity contribution in [3.63, 3.8) is 0 Å². The lowest BCUT2D eigenvalue weighted by Crippen LogP contribution is -2.31. The van der Waals surface area contributed by atoms with Gasteiger partial charge in [0.15, 0.2) is 6.61 Å². The molecular weight excluding hydrogens is 524 g/mol. The van der Waals surface area contributed by atoms with Gasteiger partial charge in [-0.1, -0.05) is 74.3 Å². The quantitative estimate of drug-likeness (QED) is 0.293. The molecule has 37 heavy (non-hydrogen) atoms. The number of amides is 1. The summed E-state index contributed by atoms with van der Waals surface area (Å²) in [4.78, 5) is 18.8. The van der Waals surface area contributed by atoms with E-state index in [2.05, 4.69) is 0 Å². The summed E-state index contributed by atoms with van der Waals surface area (Å²) in [6.45, 7) is 4.39. The van der Waals surface area contributed by atoms with Crippen LogP contribution in [0, 0.1) is 0 Å². The Morgan fingerprint density at radius 1 is 0.919 bits per heavy atom. The highest BCUT2D eigenvalue weighted by atomic mass is 35.5. The normalized spacial score (nSPS) is 18.1. The van der Waals surface area contributed by atoms with E-state index in [1.54, 1.807) is 48.5 Å². The fraction of sp³-hybridized carbons (Fsp3) is 0.286. The van der Waals surface area contributed by atoms with E-state index in [0.29, 0.717) is 22.0 Å². The lowest BCUT2D eigenvalue weighted by molar-refractivity contribution is -0.153. The van der Waals surface area contributed by atoms with Crippen LogP contribution in [0.15, 0.2) is 71.7 Å². The van der Waals surface area contributed by atoms with E-state index in [9.17, 15) is 18.0 Å². The van der Waals surface area contributed by atoms with E-state index < -0.39 is 24.9 Å². The van der Waals surface area contributed by atoms with Gasteiger partial charge in [-0.05, 0) is 58.5 Å². The van der Waals surface area contributed by atoms with Gasteiger partial charge in [-0.3, -0.25) is 14.7 Å². The van der Waals surface area contributed by atoms with Gasteiger partial charge in [0, 0.05) is 10.0 Å². The van der Waals surface area contributed by atoms with E-state index in [0.717, 1.165) is 16.7 Å². The summed E-state index contributed by atoms with van der Waals surface area (Å²) < 4.78 is 44.6. The van der Waals surface area contributed by atoms with Crippen molar-refractivity contribution < 1.29 is 22.7 Å². The summed E-state index contributed by atoms with van der Waals surface area (Å²) >= 11 is 12.2. The third-order valence-electron chi connectivity index (χ3n) is 6.12. The number of alkyl halides is 3. The van der Waals surface area contributed by atoms with Gasteiger partial charge < -0.3 is 4.74 Å². The van der Waals surface area contributed by atoms with Gasteiger partial charge in [0.25, 0.3) is 0 Å². The smallest absolute Gasteiger partial charge is 0.422 e. The predicted molar refractivity (Wildman–Crippen MR) is 140 cm³/mol. The first-order valence-electron chi connectivity index (χ1n) is 11.5. The molecule has 0 bridgehead atoms. The van der Waals surface area contributed by atoms with Gasteiger partial charge in [-0.25, -0.2) is 0 Å². The number of halogens is 5. The predicted octanol–water partition coefficient (Wildman–Crippen LogP) is 7.93. The van der Waals surface area contributed by atoms with Crippen molar-refractivity contribution in [2.24, 2.45) is 4.99 Å². The molecule has 4 nitrogen and oxygen atoms in total. The first kappa shape index (κ1) is 27.0. The highest BCUT2D eigenvalue weighted by Crippen LogP contribution is 2.44. The maximum Gasteiger partial charge on any atom is 0.422 e. The molecular formula is C28H25Cl2F3N2O2. The molecule has 9 heteroatoms. The Kier molecular flexibility index (Phi) is 7.58. The highest BCUT2D eigenvalue weighted by Gasteiger charge is 2.40. The Hall–Kier alpha value is -3.03. The number of hydrogen-bond donors (Lipinski definition) is 0. The van der Waals surface area contributed by atoms with Crippen LogP contribution in [0.1, 0.15) is 55.1 Å². The first-order valence-corrected chi connectivity index (χ1v) is 12.3. The summed E-state index contributed by atoms with van der Waals surface area (Å²) in [6.07, 6.45) is -3.90. The van der Waals surface area contributed by atoms with Crippen LogP contribution in [0.25, 0.3) is 0 Å². The van der Waals surface area contributed by atoms with E-state index in [4.69, 9.17) is 32.9 Å². The van der Waals surface area contributed by atoms with E-state index in [-0.39, 0.29) is 17.0 Å². The number of carbonyl (C=O) groups is 1. The molecule has 0 unspecified atom stereocenters. The Bertz CT molecular complexity index is 1300. The third-order valence-corrected chi connectivity index (χ3v) is 6.63. The van der Waals surface area contributed by atoms with Crippen molar-refractivity contribution in [1.29, 1.82) is 0 Å². The molecule has 1 heterocycles. The lowest BCUT2D eigenvalue weighted by Gasteiger charge is -2.27. The van der Waals surface area contributed by atoms with Crippen LogP contribution in [-0.4, -0.2) is 29.9 Å². The van der Waals surface area contributed by atoms with Crippen LogP contribution in [0.5, 0.6) is 5.75 Å². The number of ether oxygens (including phenoxy) is 1. The molecule has 3 aromatic rings. The number of carbonyl (C=O) groups excluding carboxylic acids is 1. The fourth-order valence-corrected chi connectivity index (χ4v) is 4.50. The minimum absolute atomic E-state index is 0.00182. The number of amidine groups is 1. The molecule has 0 N–H and O–H groups in total. The maximum atomic E-state index is 13.1. The standard InChI is InChI=1S/C28H25Cl2F3N2O2/c1-27(2,3)19-8-13-22(23(14-19)37-15-28(31,32)33)26-34-24(17-4-9-20(29)10-5-17)25(35(26)16-36)18-6-11-21(30)12-7-18/h4-14,16,24-25H,15H2,1-3H3/t24-,25+/m0/s1. The highest BCUT2D eigenvalue weighted by molar-refractivity contribution is 6.30. The third kappa shape index (κ3) is 6.11. The molecule has 1 aliphatic rings. The van der Waals surface area contributed by atoms with Gasteiger partial charge in [0.1, 0.15) is 17.6 Å². The molecule has 0 aliphatic carbocycles. The van der Waals surface area contributed by atoms with Crippen molar-refractivity contribution in [3.8, 4) is 5.75 Å². The molecule has 194 valence electrons. The van der Waals surface area contributed by atoms with Gasteiger partial charge in [0.2, 0.25) is 6.41 Å². The molecule has 0 aromatic heterocycles. The summed E-state index contributed by atoms with van der Waals surface area (Å²) in [7, 11) is 0.